The Balaban J connectivity index is 2.27. The predicted molar refractivity (Wildman–Crippen MR) is 87.7 cm³/mol. The van der Waals surface area contributed by atoms with Gasteiger partial charge in [0.2, 0.25) is 5.78 Å². The number of carbonyl (C=O) groups excluding carboxylic acids is 1. The number of ether oxygens (including phenoxy) is 3. The average Bonchev–Trinajstić information content (AvgIpc) is 2.61. The lowest BCUT2D eigenvalue weighted by atomic mass is 9.86. The largest absolute Gasteiger partial charge is 0.451 e. The smallest absolute Gasteiger partial charge is 0.304 e. The Kier molecular flexibility index (Phi) is 4.41. The van der Waals surface area contributed by atoms with Crippen LogP contribution in [0.4, 0.5) is 0 Å². The van der Waals surface area contributed by atoms with Crippen molar-refractivity contribution in [2.75, 3.05) is 13.2 Å². The summed E-state index contributed by atoms with van der Waals surface area (Å²) in [7, 11) is 0. The lowest BCUT2D eigenvalue weighted by Gasteiger charge is -2.47. The van der Waals surface area contributed by atoms with Gasteiger partial charge < -0.3 is 19.3 Å². The van der Waals surface area contributed by atoms with Crippen LogP contribution < -0.4 is 4.74 Å². The molecule has 126 valence electrons. The van der Waals surface area contributed by atoms with Gasteiger partial charge in [-0.1, -0.05) is 42.5 Å². The number of Topliss-reactive ketones (excluding diaryl/α,β-unsaturated/α-hetero) is 1. The van der Waals surface area contributed by atoms with Gasteiger partial charge in [-0.3, -0.25) is 4.79 Å². The number of hydrogen-bond acceptors (Lipinski definition) is 5. The topological polar surface area (TPSA) is 65.0 Å². The molecule has 0 aromatic heterocycles. The highest BCUT2D eigenvalue weighted by Gasteiger charge is 2.65. The van der Waals surface area contributed by atoms with Crippen molar-refractivity contribution in [1.29, 1.82) is 0 Å². The van der Waals surface area contributed by atoms with Crippen LogP contribution in [0.3, 0.4) is 0 Å². The van der Waals surface area contributed by atoms with Gasteiger partial charge in [-0.15, -0.1) is 0 Å². The van der Waals surface area contributed by atoms with Crippen molar-refractivity contribution in [2.24, 2.45) is 0 Å². The molecule has 1 heterocycles. The monoisotopic (exact) mass is 328 g/mol. The van der Waals surface area contributed by atoms with Gasteiger partial charge in [-0.25, -0.2) is 0 Å². The molecule has 0 amide bonds. The Labute approximate surface area is 140 Å². The molecule has 0 aliphatic carbocycles. The van der Waals surface area contributed by atoms with Crippen LogP contribution in [-0.4, -0.2) is 29.9 Å². The Morgan fingerprint density at radius 3 is 2.25 bits per heavy atom. The van der Waals surface area contributed by atoms with Gasteiger partial charge in [0.05, 0.1) is 5.56 Å². The van der Waals surface area contributed by atoms with Crippen LogP contribution in [0.25, 0.3) is 0 Å². The lowest BCUT2D eigenvalue weighted by Crippen LogP contribution is -2.65. The zero-order chi connectivity index (χ0) is 17.2. The van der Waals surface area contributed by atoms with Crippen LogP contribution in [0.5, 0.6) is 5.75 Å². The van der Waals surface area contributed by atoms with E-state index in [1.54, 1.807) is 62.4 Å². The predicted octanol–water partition coefficient (Wildman–Crippen LogP) is 2.88. The van der Waals surface area contributed by atoms with Crippen LogP contribution >= 0.6 is 0 Å². The fraction of sp³-hybridized carbons (Fsp3) is 0.316. The van der Waals surface area contributed by atoms with Crippen LogP contribution in [0.2, 0.25) is 0 Å². The van der Waals surface area contributed by atoms with E-state index < -0.39 is 17.4 Å². The summed E-state index contributed by atoms with van der Waals surface area (Å²) >= 11 is 0. The summed E-state index contributed by atoms with van der Waals surface area (Å²) in [5.74, 6) is -4.29. The van der Waals surface area contributed by atoms with Crippen molar-refractivity contribution in [3.63, 3.8) is 0 Å². The maximum absolute atomic E-state index is 13.1. The molecule has 5 heteroatoms. The molecular weight excluding hydrogens is 308 g/mol. The number of ketones is 1. The minimum atomic E-state index is -2.28. The molecular formula is C19H20O5. The van der Waals surface area contributed by atoms with E-state index in [2.05, 4.69) is 0 Å². The van der Waals surface area contributed by atoms with E-state index in [4.69, 9.17) is 14.2 Å². The van der Waals surface area contributed by atoms with Crippen LogP contribution in [0.15, 0.2) is 54.6 Å². The molecule has 2 aromatic carbocycles. The van der Waals surface area contributed by atoms with E-state index in [1.165, 1.54) is 0 Å². The van der Waals surface area contributed by atoms with E-state index in [9.17, 15) is 9.90 Å². The van der Waals surface area contributed by atoms with Gasteiger partial charge >= 0.3 is 5.79 Å². The first-order valence-electron chi connectivity index (χ1n) is 7.97. The second-order valence-corrected chi connectivity index (χ2v) is 5.42. The molecule has 0 spiro atoms. The third-order valence-electron chi connectivity index (χ3n) is 3.99. The third-order valence-corrected chi connectivity index (χ3v) is 3.99. The van der Waals surface area contributed by atoms with Crippen molar-refractivity contribution in [1.82, 2.24) is 0 Å². The van der Waals surface area contributed by atoms with E-state index in [-0.39, 0.29) is 18.8 Å². The molecule has 5 nitrogen and oxygen atoms in total. The average molecular weight is 328 g/mol. The highest BCUT2D eigenvalue weighted by atomic mass is 16.8. The fourth-order valence-electron chi connectivity index (χ4n) is 2.99. The Morgan fingerprint density at radius 2 is 1.58 bits per heavy atom. The molecule has 0 radical (unpaired) electrons. The van der Waals surface area contributed by atoms with E-state index >= 15 is 0 Å². The molecule has 3 rings (SSSR count). The maximum atomic E-state index is 13.1. The van der Waals surface area contributed by atoms with E-state index in [0.717, 1.165) is 0 Å². The molecule has 2 atom stereocenters. The summed E-state index contributed by atoms with van der Waals surface area (Å²) in [4.78, 5) is 13.1. The minimum Gasteiger partial charge on any atom is -0.451 e. The summed E-state index contributed by atoms with van der Waals surface area (Å²) in [6, 6.07) is 15.6. The van der Waals surface area contributed by atoms with Gasteiger partial charge in [-0.2, -0.15) is 0 Å². The van der Waals surface area contributed by atoms with Crippen LogP contribution in [0.1, 0.15) is 29.8 Å². The summed E-state index contributed by atoms with van der Waals surface area (Å²) in [6.45, 7) is 3.81. The van der Waals surface area contributed by atoms with Crippen molar-refractivity contribution in [2.45, 2.75) is 25.4 Å². The Hall–Kier alpha value is -2.21. The first-order valence-corrected chi connectivity index (χ1v) is 7.97. The first-order chi connectivity index (χ1) is 11.6. The highest BCUT2D eigenvalue weighted by Crippen LogP contribution is 2.47. The van der Waals surface area contributed by atoms with Crippen molar-refractivity contribution >= 4 is 5.78 Å². The zero-order valence-corrected chi connectivity index (χ0v) is 13.7. The Bertz CT molecular complexity index is 730. The minimum absolute atomic E-state index is 0.120. The molecule has 0 saturated heterocycles. The number of rotatable bonds is 5. The van der Waals surface area contributed by atoms with Crippen molar-refractivity contribution < 1.29 is 24.1 Å². The molecule has 24 heavy (non-hydrogen) atoms. The fourth-order valence-corrected chi connectivity index (χ4v) is 2.99. The van der Waals surface area contributed by atoms with Crippen LogP contribution in [-0.2, 0) is 15.3 Å². The van der Waals surface area contributed by atoms with Crippen molar-refractivity contribution in [3.8, 4) is 5.75 Å². The third kappa shape index (κ3) is 2.33. The zero-order valence-electron chi connectivity index (χ0n) is 13.7. The highest BCUT2D eigenvalue weighted by molar-refractivity contribution is 6.05. The van der Waals surface area contributed by atoms with Gasteiger partial charge in [-0.05, 0) is 26.0 Å². The molecule has 2 aromatic rings. The number of fused-ring (bicyclic) bond motifs is 1. The van der Waals surface area contributed by atoms with Crippen molar-refractivity contribution in [3.05, 3.63) is 65.7 Å². The van der Waals surface area contributed by atoms with Gasteiger partial charge in [0.25, 0.3) is 5.79 Å². The standard InChI is InChI=1S/C19H20O5/c1-3-22-18(21)17(20)15-12-8-9-13-16(15)24-19(18,23-4-2)14-10-6-5-7-11-14/h5-13,21H,3-4H2,1-2H3/t18-,19-/m1/s1. The number of benzene rings is 2. The maximum Gasteiger partial charge on any atom is 0.304 e. The van der Waals surface area contributed by atoms with Crippen LogP contribution in [0, 0.1) is 0 Å². The van der Waals surface area contributed by atoms with E-state index in [0.29, 0.717) is 11.3 Å². The molecule has 1 N–H and O–H groups in total. The van der Waals surface area contributed by atoms with E-state index in [1.807, 2.05) is 6.07 Å². The number of aliphatic hydroxyl groups is 1. The molecule has 0 unspecified atom stereocenters. The first kappa shape index (κ1) is 16.6. The normalized spacial score (nSPS) is 25.9. The van der Waals surface area contributed by atoms with Gasteiger partial charge in [0.1, 0.15) is 5.75 Å². The number of hydrogen-bond donors (Lipinski definition) is 1. The Morgan fingerprint density at radius 1 is 0.958 bits per heavy atom. The number of carbonyl (C=O) groups is 1. The summed E-state index contributed by atoms with van der Waals surface area (Å²) in [6.07, 6.45) is 0. The summed E-state index contributed by atoms with van der Waals surface area (Å²) in [5.41, 5.74) is 0.769. The second kappa shape index (κ2) is 6.36. The lowest BCUT2D eigenvalue weighted by molar-refractivity contribution is -0.358. The van der Waals surface area contributed by atoms with Gasteiger partial charge in [0, 0.05) is 18.8 Å². The molecule has 1 aliphatic rings. The number of para-hydroxylation sites is 1. The summed E-state index contributed by atoms with van der Waals surface area (Å²) in [5, 5.41) is 11.3. The molecule has 0 bridgehead atoms. The molecule has 1 aliphatic heterocycles. The quantitative estimate of drug-likeness (QED) is 0.855. The summed E-state index contributed by atoms with van der Waals surface area (Å²) < 4.78 is 17.4. The second-order valence-electron chi connectivity index (χ2n) is 5.42. The molecule has 0 fully saturated rings. The SMILES string of the molecule is CCO[C@]1(c2ccccc2)Oc2ccccc2C(=O)[C@@]1(O)OCC. The van der Waals surface area contributed by atoms with Gasteiger partial charge in [0.15, 0.2) is 0 Å². The molecule has 0 saturated carbocycles.